The molecule has 4 heterocycles. The van der Waals surface area contributed by atoms with Gasteiger partial charge in [-0.1, -0.05) is 85.0 Å². The molecule has 8 rings (SSSR count). The van der Waals surface area contributed by atoms with Gasteiger partial charge < -0.3 is 30.1 Å². The van der Waals surface area contributed by atoms with Crippen molar-refractivity contribution >= 4 is 28.9 Å². The highest BCUT2D eigenvalue weighted by Crippen LogP contribution is 2.47. The summed E-state index contributed by atoms with van der Waals surface area (Å²) >= 11 is 0. The molecule has 5 aromatic rings. The van der Waals surface area contributed by atoms with Gasteiger partial charge in [-0.25, -0.2) is 0 Å². The lowest BCUT2D eigenvalue weighted by Crippen LogP contribution is -2.55. The Labute approximate surface area is 333 Å². The number of rotatable bonds is 13. The third-order valence-electron chi connectivity index (χ3n) is 11.9. The minimum absolute atomic E-state index is 0.0776. The number of carbonyl (C=O) groups excluding carboxylic acids is 2. The summed E-state index contributed by atoms with van der Waals surface area (Å²) in [7, 11) is 1.56. The van der Waals surface area contributed by atoms with Crippen LogP contribution in [0.3, 0.4) is 0 Å². The molecule has 0 bridgehead atoms. The maximum absolute atomic E-state index is 14.5. The number of aliphatic hydroxyl groups is 2. The molecule has 1 spiro atoms. The van der Waals surface area contributed by atoms with E-state index in [0.29, 0.717) is 55.2 Å². The smallest absolute Gasteiger partial charge is 0.264 e. The van der Waals surface area contributed by atoms with Crippen LogP contribution in [0.1, 0.15) is 54.5 Å². The molecular formula is C45H49N7O5. The zero-order valence-electron chi connectivity index (χ0n) is 32.4. The summed E-state index contributed by atoms with van der Waals surface area (Å²) in [6, 6.07) is 33.0. The largest absolute Gasteiger partial charge is 0.497 e. The van der Waals surface area contributed by atoms with Crippen molar-refractivity contribution in [2.24, 2.45) is 5.92 Å². The average Bonchev–Trinajstić information content (AvgIpc) is 3.89. The molecule has 0 saturated carbocycles. The SMILES string of the molecule is COc1ccc2c(c1)[C@](O)([C@@H](C)/C=C/CCn1cc(C(CO)c3ccccc3)nn1)C(=O)N2Cc1cccc(N2CN(c3ccccc3)C3(CCNCC3)C2=O)c1. The van der Waals surface area contributed by atoms with E-state index >= 15 is 0 Å². The van der Waals surface area contributed by atoms with Gasteiger partial charge in [0.1, 0.15) is 11.3 Å². The fraction of sp³-hybridized carbons (Fsp3) is 0.333. The molecule has 0 aliphatic carbocycles. The lowest BCUT2D eigenvalue weighted by Gasteiger charge is -2.39. The number of aryl methyl sites for hydroxylation is 1. The van der Waals surface area contributed by atoms with Crippen molar-refractivity contribution < 1.29 is 24.5 Å². The molecular weight excluding hydrogens is 719 g/mol. The van der Waals surface area contributed by atoms with E-state index in [4.69, 9.17) is 4.74 Å². The van der Waals surface area contributed by atoms with Crippen LogP contribution in [0.4, 0.5) is 17.1 Å². The molecule has 0 radical (unpaired) electrons. The van der Waals surface area contributed by atoms with Gasteiger partial charge in [-0.05, 0) is 85.9 Å². The van der Waals surface area contributed by atoms with Gasteiger partial charge in [0.2, 0.25) is 0 Å². The number of anilines is 3. The molecule has 2 fully saturated rings. The average molecular weight is 768 g/mol. The Balaban J connectivity index is 0.997. The molecule has 12 nitrogen and oxygen atoms in total. The highest BCUT2D eigenvalue weighted by molar-refractivity contribution is 6.08. The van der Waals surface area contributed by atoms with Crippen LogP contribution in [-0.2, 0) is 28.3 Å². The molecule has 3 aliphatic rings. The second kappa shape index (κ2) is 16.0. The van der Waals surface area contributed by atoms with Gasteiger partial charge in [-0.2, -0.15) is 0 Å². The monoisotopic (exact) mass is 767 g/mol. The molecule has 3 aliphatic heterocycles. The topological polar surface area (TPSA) is 136 Å². The van der Waals surface area contributed by atoms with Crippen LogP contribution < -0.4 is 24.8 Å². The van der Waals surface area contributed by atoms with Crippen LogP contribution in [0.15, 0.2) is 121 Å². The number of fused-ring (bicyclic) bond motifs is 1. The number of benzene rings is 4. The third-order valence-corrected chi connectivity index (χ3v) is 11.9. The number of hydrogen-bond donors (Lipinski definition) is 3. The number of carbonyl (C=O) groups is 2. The highest BCUT2D eigenvalue weighted by atomic mass is 16.5. The van der Waals surface area contributed by atoms with Gasteiger partial charge in [0.15, 0.2) is 5.60 Å². The van der Waals surface area contributed by atoms with Crippen LogP contribution in [0.25, 0.3) is 0 Å². The second-order valence-electron chi connectivity index (χ2n) is 15.2. The number of ether oxygens (including phenoxy) is 1. The number of nitrogens with zero attached hydrogens (tertiary/aromatic N) is 6. The maximum atomic E-state index is 14.5. The number of hydrogen-bond acceptors (Lipinski definition) is 9. The fourth-order valence-electron chi connectivity index (χ4n) is 8.67. The number of allylic oxidation sites excluding steroid dienone is 1. The Bertz CT molecular complexity index is 2240. The van der Waals surface area contributed by atoms with Crippen LogP contribution >= 0.6 is 0 Å². The van der Waals surface area contributed by atoms with Crippen molar-refractivity contribution in [1.29, 1.82) is 0 Å². The number of amides is 2. The van der Waals surface area contributed by atoms with Crippen molar-refractivity contribution in [2.75, 3.05) is 48.2 Å². The Morgan fingerprint density at radius 2 is 1.65 bits per heavy atom. The predicted octanol–water partition coefficient (Wildman–Crippen LogP) is 5.36. The summed E-state index contributed by atoms with van der Waals surface area (Å²) in [5.74, 6) is -0.643. The molecule has 57 heavy (non-hydrogen) atoms. The lowest BCUT2D eigenvalue weighted by molar-refractivity contribution is -0.139. The first-order valence-corrected chi connectivity index (χ1v) is 19.7. The fourth-order valence-corrected chi connectivity index (χ4v) is 8.67. The molecule has 3 N–H and O–H groups in total. The van der Waals surface area contributed by atoms with Gasteiger partial charge in [0, 0.05) is 35.6 Å². The van der Waals surface area contributed by atoms with Crippen molar-refractivity contribution in [1.82, 2.24) is 20.3 Å². The Morgan fingerprint density at radius 3 is 2.39 bits per heavy atom. The summed E-state index contributed by atoms with van der Waals surface area (Å²) in [6.07, 6.45) is 7.68. The molecule has 2 amide bonds. The number of para-hydroxylation sites is 1. The molecule has 12 heteroatoms. The van der Waals surface area contributed by atoms with Crippen molar-refractivity contribution in [2.45, 2.75) is 56.3 Å². The lowest BCUT2D eigenvalue weighted by atomic mass is 9.83. The Hall–Kier alpha value is -5.82. The number of nitrogens with one attached hydrogen (secondary N) is 1. The van der Waals surface area contributed by atoms with Crippen LogP contribution in [0.2, 0.25) is 0 Å². The summed E-state index contributed by atoms with van der Waals surface area (Å²) in [5.41, 5.74) is 2.91. The van der Waals surface area contributed by atoms with Crippen molar-refractivity contribution in [3.05, 3.63) is 144 Å². The second-order valence-corrected chi connectivity index (χ2v) is 15.2. The normalized spacial score (nSPS) is 20.1. The zero-order chi connectivity index (χ0) is 39.6. The molecule has 2 saturated heterocycles. The van der Waals surface area contributed by atoms with Gasteiger partial charge in [-0.3, -0.25) is 19.2 Å². The van der Waals surface area contributed by atoms with Gasteiger partial charge >= 0.3 is 0 Å². The van der Waals surface area contributed by atoms with E-state index in [2.05, 4.69) is 32.7 Å². The highest BCUT2D eigenvalue weighted by Gasteiger charge is 2.54. The number of aromatic nitrogens is 3. The van der Waals surface area contributed by atoms with Crippen LogP contribution in [0.5, 0.6) is 5.75 Å². The van der Waals surface area contributed by atoms with Crippen molar-refractivity contribution in [3.63, 3.8) is 0 Å². The minimum atomic E-state index is -1.84. The van der Waals surface area contributed by atoms with E-state index in [1.165, 1.54) is 0 Å². The summed E-state index contributed by atoms with van der Waals surface area (Å²) in [4.78, 5) is 34.6. The molecule has 3 atom stereocenters. The Morgan fingerprint density at radius 1 is 0.912 bits per heavy atom. The number of methoxy groups -OCH3 is 1. The molecule has 294 valence electrons. The molecule has 1 unspecified atom stereocenters. The van der Waals surface area contributed by atoms with E-state index in [0.717, 1.165) is 35.6 Å². The maximum Gasteiger partial charge on any atom is 0.264 e. The van der Waals surface area contributed by atoms with E-state index < -0.39 is 23.0 Å². The summed E-state index contributed by atoms with van der Waals surface area (Å²) in [6.45, 7) is 4.46. The first-order valence-electron chi connectivity index (χ1n) is 19.7. The van der Waals surface area contributed by atoms with Crippen LogP contribution in [0, 0.1) is 5.92 Å². The molecule has 1 aromatic heterocycles. The zero-order valence-corrected chi connectivity index (χ0v) is 32.4. The van der Waals surface area contributed by atoms with Gasteiger partial charge in [0.05, 0.1) is 44.2 Å². The predicted molar refractivity (Wildman–Crippen MR) is 219 cm³/mol. The molecule has 4 aromatic carbocycles. The third kappa shape index (κ3) is 6.98. The van der Waals surface area contributed by atoms with Gasteiger partial charge in [0.25, 0.3) is 11.8 Å². The first kappa shape index (κ1) is 38.1. The minimum Gasteiger partial charge on any atom is -0.497 e. The van der Waals surface area contributed by atoms with E-state index in [1.807, 2.05) is 109 Å². The summed E-state index contributed by atoms with van der Waals surface area (Å²) < 4.78 is 7.28. The first-order chi connectivity index (χ1) is 27.8. The number of aliphatic hydroxyl groups excluding tert-OH is 1. The van der Waals surface area contributed by atoms with Gasteiger partial charge in [-0.15, -0.1) is 5.10 Å². The Kier molecular flexibility index (Phi) is 10.7. The van der Waals surface area contributed by atoms with E-state index in [9.17, 15) is 19.8 Å². The standard InChI is InChI=1S/C45H49N7O5/c1-32(12-9-10-25-49-29-40(47-48-49)38(30-53)34-14-5-3-6-15-34)45(56)39-27-37(57-2)19-20-41(39)50(43(45)55)28-33-13-11-18-36(26-33)51-31-52(35-16-7-4-8-17-35)44(42(51)54)21-23-46-24-22-44/h3-9,11-20,26-27,29,32,38,46,53,56H,10,21-25,28,30-31H2,1-2H3/b12-9+/t32-,38?,45+/m0/s1. The van der Waals surface area contributed by atoms with E-state index in [-0.39, 0.29) is 25.0 Å². The summed E-state index contributed by atoms with van der Waals surface area (Å²) in [5, 5.41) is 34.5. The van der Waals surface area contributed by atoms with Crippen LogP contribution in [-0.4, -0.2) is 76.0 Å². The number of piperidine rings is 1. The quantitative estimate of drug-likeness (QED) is 0.135. The van der Waals surface area contributed by atoms with E-state index in [1.54, 1.807) is 28.8 Å². The van der Waals surface area contributed by atoms with Crippen molar-refractivity contribution in [3.8, 4) is 5.75 Å².